The minimum absolute atomic E-state index is 0.190. The molecule has 1 aliphatic carbocycles. The molecule has 1 fully saturated rings. The Balaban J connectivity index is 0.000000144. The second-order valence-corrected chi connectivity index (χ2v) is 2.62. The van der Waals surface area contributed by atoms with Crippen LogP contribution in [0.5, 0.6) is 0 Å². The van der Waals surface area contributed by atoms with Crippen LogP contribution in [0.15, 0.2) is 0 Å². The Labute approximate surface area is 56.7 Å². The lowest BCUT2D eigenvalue weighted by molar-refractivity contribution is 0.849. The van der Waals surface area contributed by atoms with Gasteiger partial charge in [-0.3, -0.25) is 0 Å². The molecule has 0 heterocycles. The second kappa shape index (κ2) is 4.34. The van der Waals surface area contributed by atoms with E-state index in [1.807, 2.05) is 19.9 Å². The molecule has 9 heavy (non-hydrogen) atoms. The lowest BCUT2D eigenvalue weighted by Gasteiger charge is -1.75. The van der Waals surface area contributed by atoms with Gasteiger partial charge in [0.1, 0.15) is 0 Å². The van der Waals surface area contributed by atoms with Crippen LogP contribution in [-0.2, 0) is 0 Å². The number of rotatable bonds is 0. The summed E-state index contributed by atoms with van der Waals surface area (Å²) >= 11 is 0. The van der Waals surface area contributed by atoms with E-state index in [0.29, 0.717) is 6.04 Å². The maximum absolute atomic E-state index is 7.89. The molecule has 0 saturated heterocycles. The fourth-order valence-corrected chi connectivity index (χ4v) is 0.0962. The summed E-state index contributed by atoms with van der Waals surface area (Å²) in [5.74, 6) is 0.190. The van der Waals surface area contributed by atoms with Gasteiger partial charge >= 0.3 is 0 Å². The molecular weight excluding hydrogens is 112 g/mol. The number of hydrogen-bond donors (Lipinski definition) is 1. The zero-order valence-corrected chi connectivity index (χ0v) is 6.09. The molecular formula is C7H14N2. The smallest absolute Gasteiger partial charge is 0.0649 e. The molecule has 1 aliphatic rings. The van der Waals surface area contributed by atoms with Crippen molar-refractivity contribution < 1.29 is 0 Å². The van der Waals surface area contributed by atoms with Crippen molar-refractivity contribution in [3.8, 4) is 6.07 Å². The summed E-state index contributed by atoms with van der Waals surface area (Å²) in [5.41, 5.74) is 5.22. The van der Waals surface area contributed by atoms with E-state index >= 15 is 0 Å². The van der Waals surface area contributed by atoms with Crippen molar-refractivity contribution in [2.45, 2.75) is 32.7 Å². The number of nitrogens with two attached hydrogens (primary N) is 1. The minimum Gasteiger partial charge on any atom is -0.328 e. The SMILES string of the molecule is CC(C)C#N.NC1CC1. The lowest BCUT2D eigenvalue weighted by Crippen LogP contribution is -1.94. The first-order valence-corrected chi connectivity index (χ1v) is 3.32. The molecule has 1 rings (SSSR count). The van der Waals surface area contributed by atoms with Crippen molar-refractivity contribution in [1.29, 1.82) is 5.26 Å². The van der Waals surface area contributed by atoms with Gasteiger partial charge in [-0.15, -0.1) is 0 Å². The van der Waals surface area contributed by atoms with Gasteiger partial charge in [-0.2, -0.15) is 5.26 Å². The highest BCUT2D eigenvalue weighted by Gasteiger charge is 2.13. The summed E-state index contributed by atoms with van der Waals surface area (Å²) in [6.07, 6.45) is 2.53. The molecule has 2 heteroatoms. The Morgan fingerprint density at radius 3 is 1.78 bits per heavy atom. The molecule has 0 radical (unpaired) electrons. The highest BCUT2D eigenvalue weighted by Crippen LogP contribution is 2.13. The van der Waals surface area contributed by atoms with Gasteiger partial charge in [-0.1, -0.05) is 0 Å². The number of nitrogens with zero attached hydrogens (tertiary/aromatic N) is 1. The molecule has 1 saturated carbocycles. The quantitative estimate of drug-likeness (QED) is 0.531. The standard InChI is InChI=1S/C4H7N.C3H7N/c1-4(2)3-5;4-3-1-2-3/h4H,1-2H3;3H,1-2,4H2. The summed E-state index contributed by atoms with van der Waals surface area (Å²) in [4.78, 5) is 0. The second-order valence-electron chi connectivity index (χ2n) is 2.62. The fraction of sp³-hybridized carbons (Fsp3) is 0.857. The van der Waals surface area contributed by atoms with E-state index in [2.05, 4.69) is 0 Å². The van der Waals surface area contributed by atoms with Crippen molar-refractivity contribution in [2.75, 3.05) is 0 Å². The van der Waals surface area contributed by atoms with Crippen molar-refractivity contribution in [1.82, 2.24) is 0 Å². The minimum atomic E-state index is 0.190. The monoisotopic (exact) mass is 126 g/mol. The van der Waals surface area contributed by atoms with Crippen LogP contribution in [-0.4, -0.2) is 6.04 Å². The third-order valence-corrected chi connectivity index (χ3v) is 0.880. The molecule has 0 unspecified atom stereocenters. The highest BCUT2D eigenvalue weighted by molar-refractivity contribution is 4.75. The highest BCUT2D eigenvalue weighted by atomic mass is 14.7. The summed E-state index contributed by atoms with van der Waals surface area (Å²) in [5, 5.41) is 7.89. The Kier molecular flexibility index (Phi) is 4.08. The molecule has 0 aliphatic heterocycles. The third kappa shape index (κ3) is 11.2. The van der Waals surface area contributed by atoms with Crippen LogP contribution in [0.25, 0.3) is 0 Å². The Hall–Kier alpha value is -0.550. The zero-order valence-electron chi connectivity index (χ0n) is 6.09. The zero-order chi connectivity index (χ0) is 7.28. The van der Waals surface area contributed by atoms with Gasteiger partial charge in [0, 0.05) is 12.0 Å². The largest absolute Gasteiger partial charge is 0.328 e. The molecule has 0 amide bonds. The predicted octanol–water partition coefficient (Wildman–Crippen LogP) is 1.27. The molecule has 0 spiro atoms. The molecule has 0 aromatic heterocycles. The van der Waals surface area contributed by atoms with Crippen molar-refractivity contribution in [3.05, 3.63) is 0 Å². The van der Waals surface area contributed by atoms with Gasteiger partial charge in [0.25, 0.3) is 0 Å². The van der Waals surface area contributed by atoms with Crippen LogP contribution < -0.4 is 5.73 Å². The molecule has 0 aromatic carbocycles. The van der Waals surface area contributed by atoms with E-state index in [4.69, 9.17) is 11.0 Å². The summed E-state index contributed by atoms with van der Waals surface area (Å²) in [7, 11) is 0. The number of nitriles is 1. The first-order chi connectivity index (χ1) is 4.16. The van der Waals surface area contributed by atoms with Crippen molar-refractivity contribution >= 4 is 0 Å². The third-order valence-electron chi connectivity index (χ3n) is 0.880. The van der Waals surface area contributed by atoms with Crippen LogP contribution in [0.3, 0.4) is 0 Å². The van der Waals surface area contributed by atoms with E-state index in [1.165, 1.54) is 12.8 Å². The maximum Gasteiger partial charge on any atom is 0.0649 e. The molecule has 0 aromatic rings. The van der Waals surface area contributed by atoms with E-state index in [0.717, 1.165) is 0 Å². The predicted molar refractivity (Wildman–Crippen MR) is 37.7 cm³/mol. The molecule has 52 valence electrons. The van der Waals surface area contributed by atoms with Crippen LogP contribution in [0, 0.1) is 17.2 Å². The van der Waals surface area contributed by atoms with Crippen LogP contribution in [0.1, 0.15) is 26.7 Å². The maximum atomic E-state index is 7.89. The molecule has 2 N–H and O–H groups in total. The molecule has 2 nitrogen and oxygen atoms in total. The van der Waals surface area contributed by atoms with E-state index < -0.39 is 0 Å². The average Bonchev–Trinajstić information content (AvgIpc) is 2.53. The summed E-state index contributed by atoms with van der Waals surface area (Å²) < 4.78 is 0. The van der Waals surface area contributed by atoms with E-state index in [9.17, 15) is 0 Å². The van der Waals surface area contributed by atoms with E-state index in [1.54, 1.807) is 0 Å². The molecule has 0 bridgehead atoms. The van der Waals surface area contributed by atoms with Crippen LogP contribution in [0.4, 0.5) is 0 Å². The van der Waals surface area contributed by atoms with Gasteiger partial charge in [-0.25, -0.2) is 0 Å². The van der Waals surface area contributed by atoms with Gasteiger partial charge in [0.2, 0.25) is 0 Å². The Bertz CT molecular complexity index is 98.0. The topological polar surface area (TPSA) is 49.8 Å². The van der Waals surface area contributed by atoms with Crippen molar-refractivity contribution in [2.24, 2.45) is 11.7 Å². The van der Waals surface area contributed by atoms with Gasteiger partial charge < -0.3 is 5.73 Å². The first kappa shape index (κ1) is 8.45. The van der Waals surface area contributed by atoms with Gasteiger partial charge in [0.05, 0.1) is 6.07 Å². The van der Waals surface area contributed by atoms with Crippen LogP contribution >= 0.6 is 0 Å². The Morgan fingerprint density at radius 1 is 1.56 bits per heavy atom. The first-order valence-electron chi connectivity index (χ1n) is 3.32. The van der Waals surface area contributed by atoms with Crippen molar-refractivity contribution in [3.63, 3.8) is 0 Å². The Morgan fingerprint density at radius 2 is 1.78 bits per heavy atom. The summed E-state index contributed by atoms with van der Waals surface area (Å²) in [6.45, 7) is 3.72. The van der Waals surface area contributed by atoms with Crippen LogP contribution in [0.2, 0.25) is 0 Å². The van der Waals surface area contributed by atoms with Gasteiger partial charge in [-0.05, 0) is 26.7 Å². The normalized spacial score (nSPS) is 15.9. The lowest BCUT2D eigenvalue weighted by atomic mass is 10.3. The fourth-order valence-electron chi connectivity index (χ4n) is 0.0962. The molecule has 0 atom stereocenters. The number of hydrogen-bond acceptors (Lipinski definition) is 2. The van der Waals surface area contributed by atoms with Gasteiger partial charge in [0.15, 0.2) is 0 Å². The van der Waals surface area contributed by atoms with E-state index in [-0.39, 0.29) is 5.92 Å². The summed E-state index contributed by atoms with van der Waals surface area (Å²) in [6, 6.07) is 2.61. The average molecular weight is 126 g/mol.